The average Bonchev–Trinajstić information content (AvgIpc) is 2.56. The quantitative estimate of drug-likeness (QED) is 0.623. The molecule has 0 aliphatic heterocycles. The molecule has 20 heavy (non-hydrogen) atoms. The predicted molar refractivity (Wildman–Crippen MR) is 85.2 cm³/mol. The Labute approximate surface area is 123 Å². The molecule has 0 saturated carbocycles. The first-order valence-electron chi connectivity index (χ1n) is 7.34. The molecular formula is C16H28O3Si. The zero-order chi connectivity index (χ0) is 15.6. The number of hydrogen-bond donors (Lipinski definition) is 1. The van der Waals surface area contributed by atoms with Crippen LogP contribution in [0.2, 0.25) is 18.1 Å². The summed E-state index contributed by atoms with van der Waals surface area (Å²) in [5, 5.41) is 10.6. The van der Waals surface area contributed by atoms with Gasteiger partial charge in [0.25, 0.3) is 0 Å². The fraction of sp³-hybridized carbons (Fsp3) is 0.688. The van der Waals surface area contributed by atoms with E-state index in [-0.39, 0.29) is 10.8 Å². The first-order valence-corrected chi connectivity index (χ1v) is 10.2. The van der Waals surface area contributed by atoms with Gasteiger partial charge in [-0.1, -0.05) is 34.1 Å². The lowest BCUT2D eigenvalue weighted by Crippen LogP contribution is -2.41. The number of ketones is 1. The molecule has 0 aromatic heterocycles. The number of aliphatic hydroxyl groups is 1. The van der Waals surface area contributed by atoms with E-state index in [2.05, 4.69) is 33.9 Å². The van der Waals surface area contributed by atoms with Crippen molar-refractivity contribution in [1.29, 1.82) is 0 Å². The van der Waals surface area contributed by atoms with Crippen LogP contribution in [0.1, 0.15) is 40.5 Å². The molecule has 0 bridgehead atoms. The van der Waals surface area contributed by atoms with Gasteiger partial charge in [-0.3, -0.25) is 4.79 Å². The molecule has 4 heteroatoms. The van der Waals surface area contributed by atoms with Gasteiger partial charge in [-0.15, -0.1) is 0 Å². The second kappa shape index (κ2) is 5.96. The van der Waals surface area contributed by atoms with Crippen LogP contribution >= 0.6 is 0 Å². The monoisotopic (exact) mass is 296 g/mol. The molecule has 1 aliphatic rings. The maximum Gasteiger partial charge on any atom is 0.192 e. The molecule has 0 saturated heterocycles. The molecule has 1 N–H and O–H groups in total. The van der Waals surface area contributed by atoms with E-state index >= 15 is 0 Å². The average molecular weight is 296 g/mol. The molecular weight excluding hydrogens is 268 g/mol. The summed E-state index contributed by atoms with van der Waals surface area (Å²) in [7, 11) is -1.82. The summed E-state index contributed by atoms with van der Waals surface area (Å²) < 4.78 is 6.05. The third-order valence-electron chi connectivity index (χ3n) is 4.41. The number of carbonyl (C=O) groups excluding carboxylic acids is 1. The highest BCUT2D eigenvalue weighted by atomic mass is 28.4. The van der Waals surface area contributed by atoms with E-state index in [9.17, 15) is 9.90 Å². The zero-order valence-corrected chi connectivity index (χ0v) is 14.6. The molecule has 1 atom stereocenters. The van der Waals surface area contributed by atoms with Gasteiger partial charge in [0.2, 0.25) is 0 Å². The molecule has 0 heterocycles. The fourth-order valence-corrected chi connectivity index (χ4v) is 2.97. The van der Waals surface area contributed by atoms with Crippen LogP contribution in [0.4, 0.5) is 0 Å². The SMILES string of the molecule is CCC[C@@]1(O)C=CC(=O)/C1=C\CO[Si](C)(C)C(C)(C)C. The van der Waals surface area contributed by atoms with Gasteiger partial charge in [0.05, 0.1) is 6.61 Å². The van der Waals surface area contributed by atoms with Crippen molar-refractivity contribution in [3.63, 3.8) is 0 Å². The lowest BCUT2D eigenvalue weighted by atomic mass is 9.91. The van der Waals surface area contributed by atoms with Gasteiger partial charge in [-0.05, 0) is 42.8 Å². The van der Waals surface area contributed by atoms with Crippen molar-refractivity contribution in [2.45, 2.75) is 64.3 Å². The van der Waals surface area contributed by atoms with Crippen molar-refractivity contribution in [3.05, 3.63) is 23.8 Å². The third kappa shape index (κ3) is 3.68. The Balaban J connectivity index is 2.78. The van der Waals surface area contributed by atoms with Gasteiger partial charge in [0.15, 0.2) is 14.1 Å². The van der Waals surface area contributed by atoms with Gasteiger partial charge < -0.3 is 9.53 Å². The van der Waals surface area contributed by atoms with Crippen LogP contribution in [0.15, 0.2) is 23.8 Å². The molecule has 0 aromatic carbocycles. The van der Waals surface area contributed by atoms with Crippen molar-refractivity contribution in [2.24, 2.45) is 0 Å². The third-order valence-corrected chi connectivity index (χ3v) is 8.91. The lowest BCUT2D eigenvalue weighted by molar-refractivity contribution is -0.112. The van der Waals surface area contributed by atoms with E-state index in [4.69, 9.17) is 4.43 Å². The largest absolute Gasteiger partial charge is 0.413 e. The minimum atomic E-state index is -1.82. The van der Waals surface area contributed by atoms with E-state index < -0.39 is 13.9 Å². The second-order valence-corrected chi connectivity index (χ2v) is 11.9. The Morgan fingerprint density at radius 3 is 2.50 bits per heavy atom. The Bertz CT molecular complexity index is 429. The molecule has 1 rings (SSSR count). The van der Waals surface area contributed by atoms with Crippen LogP contribution in [0, 0.1) is 0 Å². The van der Waals surface area contributed by atoms with E-state index in [1.165, 1.54) is 6.08 Å². The molecule has 0 radical (unpaired) electrons. The smallest absolute Gasteiger partial charge is 0.192 e. The van der Waals surface area contributed by atoms with Gasteiger partial charge >= 0.3 is 0 Å². The van der Waals surface area contributed by atoms with Gasteiger partial charge in [0, 0.05) is 5.57 Å². The summed E-state index contributed by atoms with van der Waals surface area (Å²) in [5.74, 6) is -0.0974. The minimum absolute atomic E-state index is 0.0974. The standard InChI is InChI=1S/C16H28O3Si/c1-7-10-16(18)11-8-14(17)13(16)9-12-19-20(5,6)15(2,3)4/h8-9,11,18H,7,10,12H2,1-6H3/b13-9+/t16-/m1/s1. The van der Waals surface area contributed by atoms with Crippen LogP contribution in [-0.4, -0.2) is 31.4 Å². The number of hydrogen-bond acceptors (Lipinski definition) is 3. The minimum Gasteiger partial charge on any atom is -0.413 e. The molecule has 3 nitrogen and oxygen atoms in total. The van der Waals surface area contributed by atoms with Gasteiger partial charge in [-0.2, -0.15) is 0 Å². The summed E-state index contributed by atoms with van der Waals surface area (Å²) in [5.41, 5.74) is -0.624. The Kier molecular flexibility index (Phi) is 5.16. The van der Waals surface area contributed by atoms with E-state index in [1.54, 1.807) is 12.2 Å². The molecule has 0 spiro atoms. The number of allylic oxidation sites excluding steroid dienone is 1. The molecule has 0 fully saturated rings. The van der Waals surface area contributed by atoms with Crippen molar-refractivity contribution < 1.29 is 14.3 Å². The van der Waals surface area contributed by atoms with Crippen LogP contribution in [0.5, 0.6) is 0 Å². The summed E-state index contributed by atoms with van der Waals surface area (Å²) in [6.45, 7) is 13.3. The highest BCUT2D eigenvalue weighted by molar-refractivity contribution is 6.74. The van der Waals surface area contributed by atoms with Crippen molar-refractivity contribution >= 4 is 14.1 Å². The van der Waals surface area contributed by atoms with Crippen LogP contribution in [0.3, 0.4) is 0 Å². The number of rotatable bonds is 5. The molecule has 114 valence electrons. The number of carbonyl (C=O) groups is 1. The Morgan fingerprint density at radius 2 is 2.00 bits per heavy atom. The Morgan fingerprint density at radius 1 is 1.40 bits per heavy atom. The van der Waals surface area contributed by atoms with Crippen molar-refractivity contribution in [1.82, 2.24) is 0 Å². The van der Waals surface area contributed by atoms with E-state index in [0.29, 0.717) is 18.6 Å². The topological polar surface area (TPSA) is 46.5 Å². The molecule has 0 amide bonds. The molecule has 0 aromatic rings. The highest BCUT2D eigenvalue weighted by Gasteiger charge is 2.38. The maximum absolute atomic E-state index is 11.9. The lowest BCUT2D eigenvalue weighted by Gasteiger charge is -2.36. The van der Waals surface area contributed by atoms with E-state index in [0.717, 1.165) is 6.42 Å². The summed E-state index contributed by atoms with van der Waals surface area (Å²) in [6, 6.07) is 0. The Hall–Kier alpha value is -0.713. The summed E-state index contributed by atoms with van der Waals surface area (Å²) >= 11 is 0. The predicted octanol–water partition coefficient (Wildman–Crippen LogP) is 3.60. The van der Waals surface area contributed by atoms with Gasteiger partial charge in [-0.25, -0.2) is 0 Å². The van der Waals surface area contributed by atoms with Gasteiger partial charge in [0.1, 0.15) is 5.60 Å². The first-order chi connectivity index (χ1) is 9.03. The first kappa shape index (κ1) is 17.3. The van der Waals surface area contributed by atoms with Crippen LogP contribution < -0.4 is 0 Å². The molecule has 1 aliphatic carbocycles. The summed E-state index contributed by atoms with van der Waals surface area (Å²) in [4.78, 5) is 11.9. The second-order valence-electron chi connectivity index (χ2n) is 7.06. The van der Waals surface area contributed by atoms with E-state index in [1.807, 2.05) is 6.92 Å². The van der Waals surface area contributed by atoms with Crippen LogP contribution in [0.25, 0.3) is 0 Å². The zero-order valence-electron chi connectivity index (χ0n) is 13.6. The fourth-order valence-electron chi connectivity index (χ4n) is 2.03. The highest BCUT2D eigenvalue weighted by Crippen LogP contribution is 2.37. The van der Waals surface area contributed by atoms with Crippen molar-refractivity contribution in [3.8, 4) is 0 Å². The van der Waals surface area contributed by atoms with Crippen LogP contribution in [-0.2, 0) is 9.22 Å². The van der Waals surface area contributed by atoms with Crippen molar-refractivity contribution in [2.75, 3.05) is 6.61 Å². The maximum atomic E-state index is 11.9. The normalized spacial score (nSPS) is 25.8. The summed E-state index contributed by atoms with van der Waals surface area (Å²) in [6.07, 6.45) is 6.24. The molecule has 0 unspecified atom stereocenters.